The molecule has 4 N–H and O–H groups in total. The van der Waals surface area contributed by atoms with Crippen LogP contribution in [0.25, 0.3) is 0 Å². The van der Waals surface area contributed by atoms with Crippen LogP contribution in [0.3, 0.4) is 0 Å². The zero-order valence-corrected chi connectivity index (χ0v) is 21.2. The molecule has 1 aromatic heterocycles. The fourth-order valence-corrected chi connectivity index (χ4v) is 4.52. The lowest BCUT2D eigenvalue weighted by Gasteiger charge is -2.34. The molecule has 13 heteroatoms. The van der Waals surface area contributed by atoms with E-state index in [0.717, 1.165) is 42.8 Å². The number of benzene rings is 2. The van der Waals surface area contributed by atoms with Crippen LogP contribution in [0, 0.1) is 0 Å². The average Bonchev–Trinajstić information content (AvgIpc) is 3.23. The van der Waals surface area contributed by atoms with Gasteiger partial charge in [-0.05, 0) is 36.9 Å². The second-order valence-electron chi connectivity index (χ2n) is 8.58. The van der Waals surface area contributed by atoms with E-state index in [-0.39, 0.29) is 23.3 Å². The molecule has 1 saturated heterocycles. The van der Waals surface area contributed by atoms with Crippen LogP contribution in [0.15, 0.2) is 47.4 Å². The van der Waals surface area contributed by atoms with Gasteiger partial charge in [-0.1, -0.05) is 12.1 Å². The van der Waals surface area contributed by atoms with Crippen LogP contribution in [0.4, 0.5) is 28.1 Å². The lowest BCUT2D eigenvalue weighted by Crippen LogP contribution is -2.44. The van der Waals surface area contributed by atoms with E-state index in [1.807, 2.05) is 18.2 Å². The molecule has 1 aliphatic rings. The number of nitrogens with two attached hydrogens (primary N) is 1. The molecule has 3 aromatic rings. The largest absolute Gasteiger partial charge is 0.494 e. The number of ether oxygens (including phenoxy) is 1. The summed E-state index contributed by atoms with van der Waals surface area (Å²) < 4.78 is 30.0. The average molecular weight is 515 g/mol. The van der Waals surface area contributed by atoms with Crippen molar-refractivity contribution < 1.29 is 17.9 Å². The maximum atomic E-state index is 12.6. The van der Waals surface area contributed by atoms with Crippen LogP contribution in [0.5, 0.6) is 5.75 Å². The van der Waals surface area contributed by atoms with E-state index in [2.05, 4.69) is 37.6 Å². The molecular weight excluding hydrogens is 484 g/mol. The number of carbonyl (C=O) groups excluding carboxylic acids is 1. The van der Waals surface area contributed by atoms with Crippen LogP contribution in [-0.2, 0) is 16.4 Å². The summed E-state index contributed by atoms with van der Waals surface area (Å²) >= 11 is 0. The number of hydrogen-bond donors (Lipinski definition) is 3. The first-order valence-corrected chi connectivity index (χ1v) is 13.2. The first-order chi connectivity index (χ1) is 17.1. The first kappa shape index (κ1) is 25.3. The van der Waals surface area contributed by atoms with Crippen molar-refractivity contribution in [2.75, 3.05) is 62.5 Å². The number of carbonyl (C=O) groups is 1. The highest BCUT2D eigenvalue weighted by atomic mass is 32.2. The molecule has 1 aliphatic heterocycles. The van der Waals surface area contributed by atoms with Crippen molar-refractivity contribution in [3.63, 3.8) is 0 Å². The Morgan fingerprint density at radius 1 is 1.14 bits per heavy atom. The van der Waals surface area contributed by atoms with E-state index >= 15 is 0 Å². The number of nitrogens with zero attached hydrogens (tertiary/aromatic N) is 5. The third-order valence-electron chi connectivity index (χ3n) is 5.89. The van der Waals surface area contributed by atoms with Crippen molar-refractivity contribution >= 4 is 39.1 Å². The smallest absolute Gasteiger partial charge is 0.345 e. The van der Waals surface area contributed by atoms with Crippen LogP contribution >= 0.6 is 0 Å². The zero-order valence-electron chi connectivity index (χ0n) is 20.4. The summed E-state index contributed by atoms with van der Waals surface area (Å²) in [5.41, 5.74) is 8.22. The molecule has 0 saturated carbocycles. The number of nitrogens with one attached hydrogen (secondary N) is 2. The maximum absolute atomic E-state index is 12.6. The normalized spacial score (nSPS) is 14.5. The highest BCUT2D eigenvalue weighted by molar-refractivity contribution is 7.90. The number of sulfone groups is 1. The molecule has 192 valence electrons. The monoisotopic (exact) mass is 514 g/mol. The molecule has 0 radical (unpaired) electrons. The molecule has 0 bridgehead atoms. The number of piperazine rings is 1. The van der Waals surface area contributed by atoms with E-state index in [0.29, 0.717) is 17.0 Å². The summed E-state index contributed by atoms with van der Waals surface area (Å²) in [6.45, 7) is 3.94. The van der Waals surface area contributed by atoms with Gasteiger partial charge in [0.2, 0.25) is 11.9 Å². The second-order valence-corrected chi connectivity index (χ2v) is 10.6. The fourth-order valence-electron chi connectivity index (χ4n) is 3.83. The van der Waals surface area contributed by atoms with Crippen LogP contribution in [0.1, 0.15) is 5.56 Å². The van der Waals surface area contributed by atoms with Gasteiger partial charge in [0.25, 0.3) is 0 Å². The third-order valence-corrected chi connectivity index (χ3v) is 7.01. The van der Waals surface area contributed by atoms with Crippen molar-refractivity contribution in [1.82, 2.24) is 25.0 Å². The SMILES string of the molecule is COc1cc(N2CCN(C)CC2)ccc1Nc1nc(N)n(C(=O)NCc2cccc(S(C)(=O)=O)c2)n1. The number of rotatable bonds is 7. The summed E-state index contributed by atoms with van der Waals surface area (Å²) in [4.78, 5) is 21.5. The predicted molar refractivity (Wildman–Crippen MR) is 138 cm³/mol. The molecule has 0 spiro atoms. The minimum atomic E-state index is -3.35. The minimum Gasteiger partial charge on any atom is -0.494 e. The Labute approximate surface area is 210 Å². The highest BCUT2D eigenvalue weighted by Gasteiger charge is 2.18. The molecule has 4 rings (SSSR count). The van der Waals surface area contributed by atoms with E-state index in [1.54, 1.807) is 19.2 Å². The first-order valence-electron chi connectivity index (χ1n) is 11.3. The summed E-state index contributed by atoms with van der Waals surface area (Å²) in [7, 11) is 0.345. The Balaban J connectivity index is 1.43. The maximum Gasteiger partial charge on any atom is 0.345 e. The van der Waals surface area contributed by atoms with Gasteiger partial charge in [0, 0.05) is 50.7 Å². The molecule has 2 aromatic carbocycles. The van der Waals surface area contributed by atoms with Gasteiger partial charge in [0.05, 0.1) is 17.7 Å². The zero-order chi connectivity index (χ0) is 25.9. The van der Waals surface area contributed by atoms with Crippen LogP contribution in [-0.4, -0.2) is 80.7 Å². The standard InChI is InChI=1S/C23H30N8O4S/c1-29-9-11-30(12-10-29)17-7-8-19(20(14-17)35-2)26-22-27-21(24)31(28-22)23(32)25-15-16-5-4-6-18(13-16)36(3,33)34/h4-8,13-14H,9-12,15H2,1-3H3,(H,25,32)(H3,24,26,27,28). The van der Waals surface area contributed by atoms with Gasteiger partial charge in [-0.15, -0.1) is 9.78 Å². The van der Waals surface area contributed by atoms with Crippen molar-refractivity contribution in [3.05, 3.63) is 48.0 Å². The predicted octanol–water partition coefficient (Wildman–Crippen LogP) is 1.53. The Morgan fingerprint density at radius 2 is 1.89 bits per heavy atom. The summed E-state index contributed by atoms with van der Waals surface area (Å²) in [6.07, 6.45) is 1.13. The number of likely N-dealkylation sites (N-methyl/N-ethyl adjacent to an activating group) is 1. The lowest BCUT2D eigenvalue weighted by molar-refractivity contribution is 0.239. The summed E-state index contributed by atoms with van der Waals surface area (Å²) in [5.74, 6) is 0.636. The van der Waals surface area contributed by atoms with Gasteiger partial charge >= 0.3 is 6.03 Å². The Kier molecular flexibility index (Phi) is 7.31. The summed E-state index contributed by atoms with van der Waals surface area (Å²) in [5, 5.41) is 9.88. The molecule has 0 unspecified atom stereocenters. The van der Waals surface area contributed by atoms with Crippen LogP contribution in [0.2, 0.25) is 0 Å². The number of amides is 1. The molecule has 2 heterocycles. The van der Waals surface area contributed by atoms with Gasteiger partial charge in [-0.25, -0.2) is 13.2 Å². The number of anilines is 4. The van der Waals surface area contributed by atoms with E-state index in [9.17, 15) is 13.2 Å². The molecule has 12 nitrogen and oxygen atoms in total. The minimum absolute atomic E-state index is 0.0891. The Bertz CT molecular complexity index is 1350. The Hall–Kier alpha value is -3.84. The van der Waals surface area contributed by atoms with Gasteiger partial charge < -0.3 is 30.9 Å². The van der Waals surface area contributed by atoms with Gasteiger partial charge in [-0.2, -0.15) is 4.98 Å². The third kappa shape index (κ3) is 5.86. The number of aromatic nitrogens is 3. The van der Waals surface area contributed by atoms with Crippen molar-refractivity contribution in [3.8, 4) is 5.75 Å². The number of nitrogen functional groups attached to an aromatic ring is 1. The Morgan fingerprint density at radius 3 is 2.58 bits per heavy atom. The summed E-state index contributed by atoms with van der Waals surface area (Å²) in [6, 6.07) is 11.6. The van der Waals surface area contributed by atoms with E-state index < -0.39 is 15.9 Å². The fraction of sp³-hybridized carbons (Fsp3) is 0.348. The van der Waals surface area contributed by atoms with Crippen LogP contribution < -0.4 is 26.0 Å². The quantitative estimate of drug-likeness (QED) is 0.424. The number of methoxy groups -OCH3 is 1. The van der Waals surface area contributed by atoms with Gasteiger partial charge in [0.15, 0.2) is 9.84 Å². The van der Waals surface area contributed by atoms with Crippen molar-refractivity contribution in [2.45, 2.75) is 11.4 Å². The molecule has 1 fully saturated rings. The highest BCUT2D eigenvalue weighted by Crippen LogP contribution is 2.32. The van der Waals surface area contributed by atoms with E-state index in [1.165, 1.54) is 12.1 Å². The number of hydrogen-bond acceptors (Lipinski definition) is 10. The molecular formula is C23H30N8O4S. The van der Waals surface area contributed by atoms with Crippen molar-refractivity contribution in [2.24, 2.45) is 0 Å². The molecule has 1 amide bonds. The molecule has 0 aliphatic carbocycles. The van der Waals surface area contributed by atoms with Gasteiger partial charge in [-0.3, -0.25) is 0 Å². The van der Waals surface area contributed by atoms with E-state index in [4.69, 9.17) is 10.5 Å². The van der Waals surface area contributed by atoms with Crippen molar-refractivity contribution in [1.29, 1.82) is 0 Å². The topological polar surface area (TPSA) is 148 Å². The molecule has 0 atom stereocenters. The van der Waals surface area contributed by atoms with Gasteiger partial charge in [0.1, 0.15) is 5.75 Å². The second kappa shape index (κ2) is 10.4. The molecule has 36 heavy (non-hydrogen) atoms. The lowest BCUT2D eigenvalue weighted by atomic mass is 10.2.